The minimum atomic E-state index is 0.266. The van der Waals surface area contributed by atoms with Crippen molar-refractivity contribution < 1.29 is 0 Å². The highest BCUT2D eigenvalue weighted by atomic mass is 32.2. The van der Waals surface area contributed by atoms with Crippen molar-refractivity contribution >= 4 is 11.8 Å². The summed E-state index contributed by atoms with van der Waals surface area (Å²) in [4.78, 5) is 0.266. The zero-order valence-electron chi connectivity index (χ0n) is 8.52. The smallest absolute Gasteiger partial charge is 0.0588 e. The average Bonchev–Trinajstić information content (AvgIpc) is 2.06. The van der Waals surface area contributed by atoms with E-state index in [1.54, 1.807) is 0 Å². The van der Waals surface area contributed by atoms with Gasteiger partial charge < -0.3 is 5.32 Å². The van der Waals surface area contributed by atoms with Gasteiger partial charge in [-0.1, -0.05) is 19.3 Å². The molecule has 1 saturated carbocycles. The van der Waals surface area contributed by atoms with E-state index in [4.69, 9.17) is 0 Å². The highest BCUT2D eigenvalue weighted by molar-refractivity contribution is 8.01. The lowest BCUT2D eigenvalue weighted by Crippen LogP contribution is -2.34. The number of rotatable bonds is 3. The van der Waals surface area contributed by atoms with Crippen LogP contribution in [-0.4, -0.2) is 17.2 Å². The van der Waals surface area contributed by atoms with Crippen LogP contribution in [0.1, 0.15) is 46.0 Å². The van der Waals surface area contributed by atoms with Crippen molar-refractivity contribution in [2.24, 2.45) is 0 Å². The van der Waals surface area contributed by atoms with E-state index >= 15 is 0 Å². The first-order valence-corrected chi connectivity index (χ1v) is 5.89. The molecule has 0 aromatic carbocycles. The zero-order chi connectivity index (χ0) is 9.03. The number of nitrogens with one attached hydrogen (secondary N) is 1. The molecule has 1 rings (SSSR count). The largest absolute Gasteiger partial charge is 0.306 e. The highest BCUT2D eigenvalue weighted by Gasteiger charge is 2.23. The van der Waals surface area contributed by atoms with Gasteiger partial charge in [0.1, 0.15) is 0 Å². The second-order valence-corrected chi connectivity index (χ2v) is 6.06. The molecule has 0 amide bonds. The Morgan fingerprint density at radius 2 is 1.75 bits per heavy atom. The van der Waals surface area contributed by atoms with E-state index < -0.39 is 0 Å². The second-order valence-electron chi connectivity index (χ2n) is 4.14. The molecule has 1 fully saturated rings. The third-order valence-electron chi connectivity index (χ3n) is 2.62. The predicted octanol–water partition coefficient (Wildman–Crippen LogP) is 3.01. The van der Waals surface area contributed by atoms with Crippen molar-refractivity contribution in [3.8, 4) is 0 Å². The summed E-state index contributed by atoms with van der Waals surface area (Å²) in [6.07, 6.45) is 7.19. The van der Waals surface area contributed by atoms with Gasteiger partial charge >= 0.3 is 0 Å². The van der Waals surface area contributed by atoms with Gasteiger partial charge in [-0.25, -0.2) is 0 Å². The maximum absolute atomic E-state index is 3.35. The third kappa shape index (κ3) is 3.36. The van der Waals surface area contributed by atoms with Crippen molar-refractivity contribution in [3.63, 3.8) is 0 Å². The summed E-state index contributed by atoms with van der Waals surface area (Å²) >= 11 is 2.11. The Labute approximate surface area is 80.7 Å². The average molecular weight is 187 g/mol. The van der Waals surface area contributed by atoms with Gasteiger partial charge in [-0.15, -0.1) is 11.8 Å². The number of hydrogen-bond acceptors (Lipinski definition) is 2. The topological polar surface area (TPSA) is 12.0 Å². The molecule has 0 radical (unpaired) electrons. The maximum Gasteiger partial charge on any atom is 0.0588 e. The van der Waals surface area contributed by atoms with Crippen LogP contribution < -0.4 is 5.32 Å². The molecule has 1 nitrogen and oxygen atoms in total. The first-order valence-electron chi connectivity index (χ1n) is 5.01. The highest BCUT2D eigenvalue weighted by Crippen LogP contribution is 2.34. The molecule has 0 bridgehead atoms. The van der Waals surface area contributed by atoms with Gasteiger partial charge in [-0.05, 0) is 33.7 Å². The Bertz CT molecular complexity index is 128. The quantitative estimate of drug-likeness (QED) is 0.682. The van der Waals surface area contributed by atoms with Gasteiger partial charge in [0.25, 0.3) is 0 Å². The Morgan fingerprint density at radius 1 is 1.17 bits per heavy atom. The Morgan fingerprint density at radius 3 is 2.25 bits per heavy atom. The Kier molecular flexibility index (Phi) is 3.91. The molecule has 0 aromatic rings. The summed E-state index contributed by atoms with van der Waals surface area (Å²) in [5.41, 5.74) is 0. The first kappa shape index (κ1) is 10.4. The molecule has 2 heteroatoms. The van der Waals surface area contributed by atoms with Crippen molar-refractivity contribution in [2.45, 2.75) is 56.1 Å². The molecular formula is C10H21NS. The summed E-state index contributed by atoms with van der Waals surface area (Å²) in [5, 5.41) is 4.26. The van der Waals surface area contributed by atoms with Crippen molar-refractivity contribution in [1.82, 2.24) is 5.32 Å². The molecule has 0 saturated heterocycles. The van der Waals surface area contributed by atoms with Gasteiger partial charge in [0, 0.05) is 5.25 Å². The molecule has 0 atom stereocenters. The molecule has 0 aliphatic heterocycles. The van der Waals surface area contributed by atoms with E-state index in [0.29, 0.717) is 0 Å². The first-order chi connectivity index (χ1) is 5.64. The Hall–Kier alpha value is 0.310. The van der Waals surface area contributed by atoms with Crippen LogP contribution in [0, 0.1) is 0 Å². The van der Waals surface area contributed by atoms with Crippen LogP contribution in [0.5, 0.6) is 0 Å². The standard InChI is InChI=1S/C10H21NS/c1-10(2,11-3)12-9-7-5-4-6-8-9/h9,11H,4-8H2,1-3H3. The predicted molar refractivity (Wildman–Crippen MR) is 57.6 cm³/mol. The zero-order valence-corrected chi connectivity index (χ0v) is 9.34. The van der Waals surface area contributed by atoms with E-state index in [1.165, 1.54) is 32.1 Å². The molecule has 1 N–H and O–H groups in total. The second kappa shape index (κ2) is 4.52. The normalized spacial score (nSPS) is 21.2. The van der Waals surface area contributed by atoms with Crippen LogP contribution in [0.4, 0.5) is 0 Å². The number of hydrogen-bond donors (Lipinski definition) is 1. The molecule has 72 valence electrons. The number of thioether (sulfide) groups is 1. The van der Waals surface area contributed by atoms with Gasteiger partial charge in [0.05, 0.1) is 4.87 Å². The lowest BCUT2D eigenvalue weighted by atomic mass is 10.0. The Balaban J connectivity index is 2.28. The van der Waals surface area contributed by atoms with Gasteiger partial charge in [0.15, 0.2) is 0 Å². The van der Waals surface area contributed by atoms with Crippen LogP contribution in [0.15, 0.2) is 0 Å². The van der Waals surface area contributed by atoms with Crippen molar-refractivity contribution in [1.29, 1.82) is 0 Å². The fraction of sp³-hybridized carbons (Fsp3) is 1.00. The SMILES string of the molecule is CNC(C)(C)SC1CCCCC1. The van der Waals surface area contributed by atoms with Crippen molar-refractivity contribution in [3.05, 3.63) is 0 Å². The van der Waals surface area contributed by atoms with Gasteiger partial charge in [-0.2, -0.15) is 0 Å². The minimum absolute atomic E-state index is 0.266. The fourth-order valence-corrected chi connectivity index (χ4v) is 3.18. The van der Waals surface area contributed by atoms with E-state index in [-0.39, 0.29) is 4.87 Å². The summed E-state index contributed by atoms with van der Waals surface area (Å²) in [7, 11) is 2.05. The van der Waals surface area contributed by atoms with Crippen LogP contribution >= 0.6 is 11.8 Å². The van der Waals surface area contributed by atoms with Crippen molar-refractivity contribution in [2.75, 3.05) is 7.05 Å². The maximum atomic E-state index is 3.35. The van der Waals surface area contributed by atoms with Crippen LogP contribution in [0.2, 0.25) is 0 Å². The third-order valence-corrected chi connectivity index (χ3v) is 4.21. The summed E-state index contributed by atoms with van der Waals surface area (Å²) in [6, 6.07) is 0. The van der Waals surface area contributed by atoms with E-state index in [1.807, 2.05) is 0 Å². The molecule has 0 spiro atoms. The summed E-state index contributed by atoms with van der Waals surface area (Å²) < 4.78 is 0. The molecular weight excluding hydrogens is 166 g/mol. The molecule has 1 aliphatic rings. The molecule has 0 aromatic heterocycles. The summed E-state index contributed by atoms with van der Waals surface area (Å²) in [6.45, 7) is 4.54. The van der Waals surface area contributed by atoms with Gasteiger partial charge in [0.2, 0.25) is 0 Å². The lowest BCUT2D eigenvalue weighted by molar-refractivity contribution is 0.506. The van der Waals surface area contributed by atoms with E-state index in [0.717, 1.165) is 5.25 Å². The van der Waals surface area contributed by atoms with E-state index in [2.05, 4.69) is 38.0 Å². The molecule has 0 unspecified atom stereocenters. The fourth-order valence-electron chi connectivity index (χ4n) is 1.66. The lowest BCUT2D eigenvalue weighted by Gasteiger charge is -2.31. The minimum Gasteiger partial charge on any atom is -0.306 e. The molecule has 12 heavy (non-hydrogen) atoms. The van der Waals surface area contributed by atoms with Gasteiger partial charge in [-0.3, -0.25) is 0 Å². The summed E-state index contributed by atoms with van der Waals surface area (Å²) in [5.74, 6) is 0. The van der Waals surface area contributed by atoms with Crippen LogP contribution in [0.25, 0.3) is 0 Å². The van der Waals surface area contributed by atoms with Crippen LogP contribution in [0.3, 0.4) is 0 Å². The van der Waals surface area contributed by atoms with Crippen LogP contribution in [-0.2, 0) is 0 Å². The molecule has 0 heterocycles. The van der Waals surface area contributed by atoms with E-state index in [9.17, 15) is 0 Å². The molecule has 1 aliphatic carbocycles. The monoisotopic (exact) mass is 187 g/mol.